The fourth-order valence-corrected chi connectivity index (χ4v) is 3.97. The lowest BCUT2D eigenvalue weighted by molar-refractivity contribution is -0.115. The van der Waals surface area contributed by atoms with E-state index < -0.39 is 0 Å². The molecular weight excluding hydrogens is 392 g/mol. The number of aromatic hydroxyl groups is 1. The number of nitroso groups, excluding NO2 is 1. The van der Waals surface area contributed by atoms with Crippen molar-refractivity contribution in [2.75, 3.05) is 5.32 Å². The second kappa shape index (κ2) is 9.47. The van der Waals surface area contributed by atoms with Crippen molar-refractivity contribution in [3.63, 3.8) is 0 Å². The van der Waals surface area contributed by atoms with Gasteiger partial charge < -0.3 is 10.4 Å². The third-order valence-electron chi connectivity index (χ3n) is 5.62. The van der Waals surface area contributed by atoms with Gasteiger partial charge in [0.05, 0.1) is 24.0 Å². The Kier molecular flexibility index (Phi) is 6.31. The molecular formula is C24H24N4O3. The zero-order chi connectivity index (χ0) is 21.6. The number of rotatable bonds is 6. The zero-order valence-electron chi connectivity index (χ0n) is 17.1. The molecule has 1 aromatic heterocycles. The van der Waals surface area contributed by atoms with E-state index >= 15 is 0 Å². The number of hydrogen-bond acceptors (Lipinski definition) is 6. The van der Waals surface area contributed by atoms with Crippen molar-refractivity contribution in [3.8, 4) is 17.0 Å². The molecule has 1 amide bonds. The average molecular weight is 416 g/mol. The molecule has 7 heteroatoms. The number of anilines is 1. The highest BCUT2D eigenvalue weighted by atomic mass is 16.3. The standard InChI is InChI=1S/C24H24N4O3/c29-20-12-6-16(7-13-20)14-22(30)27-24-23(18-4-2-1-3-5-18)26-21(15-25-24)17-8-10-19(28-31)11-9-17/h6-13,15,18,29H,1-5,14H2,(H,25,27,30). The number of aromatic nitrogens is 2. The van der Waals surface area contributed by atoms with Gasteiger partial charge in [0, 0.05) is 11.5 Å². The summed E-state index contributed by atoms with van der Waals surface area (Å²) in [7, 11) is 0. The minimum atomic E-state index is -0.175. The Labute approximate surface area is 180 Å². The first kappa shape index (κ1) is 20.7. The second-order valence-electron chi connectivity index (χ2n) is 7.85. The number of hydrogen-bond donors (Lipinski definition) is 2. The van der Waals surface area contributed by atoms with E-state index in [0.717, 1.165) is 42.5 Å². The first-order valence-corrected chi connectivity index (χ1v) is 10.5. The van der Waals surface area contributed by atoms with Gasteiger partial charge in [-0.25, -0.2) is 9.97 Å². The Bertz CT molecular complexity index is 1060. The molecule has 0 spiro atoms. The Hall–Kier alpha value is -3.61. The number of nitrogens with one attached hydrogen (secondary N) is 1. The lowest BCUT2D eigenvalue weighted by Crippen LogP contribution is -2.19. The first-order valence-electron chi connectivity index (χ1n) is 10.5. The van der Waals surface area contributed by atoms with Gasteiger partial charge in [0.15, 0.2) is 5.82 Å². The van der Waals surface area contributed by atoms with Gasteiger partial charge in [-0.3, -0.25) is 4.79 Å². The Balaban J connectivity index is 1.59. The molecule has 0 aliphatic heterocycles. The monoisotopic (exact) mass is 416 g/mol. The lowest BCUT2D eigenvalue weighted by Gasteiger charge is -2.23. The molecule has 0 unspecified atom stereocenters. The predicted molar refractivity (Wildman–Crippen MR) is 119 cm³/mol. The normalized spacial score (nSPS) is 14.2. The SMILES string of the molecule is O=Nc1ccc(-c2cnc(NC(=O)Cc3ccc(O)cc3)c(C3CCCCC3)n2)cc1. The number of amides is 1. The molecule has 1 aliphatic rings. The van der Waals surface area contributed by atoms with Crippen molar-refractivity contribution < 1.29 is 9.90 Å². The van der Waals surface area contributed by atoms with E-state index in [0.29, 0.717) is 17.2 Å². The molecule has 1 aliphatic carbocycles. The number of phenols is 1. The van der Waals surface area contributed by atoms with Crippen molar-refractivity contribution in [3.05, 3.63) is 70.9 Å². The van der Waals surface area contributed by atoms with Crippen LogP contribution in [0.1, 0.15) is 49.3 Å². The van der Waals surface area contributed by atoms with Gasteiger partial charge in [0.1, 0.15) is 11.4 Å². The Morgan fingerprint density at radius 3 is 2.42 bits per heavy atom. The molecule has 1 saturated carbocycles. The molecule has 4 rings (SSSR count). The van der Waals surface area contributed by atoms with Gasteiger partial charge in [-0.2, -0.15) is 0 Å². The predicted octanol–water partition coefficient (Wildman–Crippen LogP) is 5.48. The topological polar surface area (TPSA) is 105 Å². The molecule has 0 atom stereocenters. The number of phenolic OH excluding ortho intramolecular Hbond substituents is 1. The minimum Gasteiger partial charge on any atom is -0.508 e. The largest absolute Gasteiger partial charge is 0.508 e. The number of carbonyl (C=O) groups is 1. The number of benzene rings is 2. The quantitative estimate of drug-likeness (QED) is 0.518. The van der Waals surface area contributed by atoms with Crippen LogP contribution in [0.5, 0.6) is 5.75 Å². The molecule has 2 aromatic carbocycles. The summed E-state index contributed by atoms with van der Waals surface area (Å²) in [5.41, 5.74) is 3.53. The van der Waals surface area contributed by atoms with Crippen molar-refractivity contribution in [1.29, 1.82) is 0 Å². The van der Waals surface area contributed by atoms with E-state index in [9.17, 15) is 14.8 Å². The fraction of sp³-hybridized carbons (Fsp3) is 0.292. The van der Waals surface area contributed by atoms with Crippen LogP contribution in [-0.4, -0.2) is 21.0 Å². The molecule has 158 valence electrons. The lowest BCUT2D eigenvalue weighted by atomic mass is 9.86. The summed E-state index contributed by atoms with van der Waals surface area (Å²) in [6.07, 6.45) is 7.36. The smallest absolute Gasteiger partial charge is 0.229 e. The van der Waals surface area contributed by atoms with Crippen LogP contribution in [0.25, 0.3) is 11.3 Å². The molecule has 0 bridgehead atoms. The highest BCUT2D eigenvalue weighted by Gasteiger charge is 2.23. The highest BCUT2D eigenvalue weighted by Crippen LogP contribution is 2.36. The van der Waals surface area contributed by atoms with Gasteiger partial charge in [-0.05, 0) is 47.8 Å². The third kappa shape index (κ3) is 5.12. The summed E-state index contributed by atoms with van der Waals surface area (Å²) in [5, 5.41) is 15.3. The van der Waals surface area contributed by atoms with Gasteiger partial charge in [0.25, 0.3) is 0 Å². The van der Waals surface area contributed by atoms with Crippen LogP contribution in [0.4, 0.5) is 11.5 Å². The molecule has 0 saturated heterocycles. The van der Waals surface area contributed by atoms with Crippen LogP contribution in [0.2, 0.25) is 0 Å². The van der Waals surface area contributed by atoms with E-state index in [4.69, 9.17) is 4.98 Å². The van der Waals surface area contributed by atoms with Gasteiger partial charge in [0.2, 0.25) is 5.91 Å². The molecule has 1 fully saturated rings. The summed E-state index contributed by atoms with van der Waals surface area (Å²) in [4.78, 5) is 32.7. The van der Waals surface area contributed by atoms with Gasteiger partial charge in [-0.15, -0.1) is 4.91 Å². The van der Waals surface area contributed by atoms with E-state index in [1.807, 2.05) is 0 Å². The van der Waals surface area contributed by atoms with Crippen LogP contribution in [-0.2, 0) is 11.2 Å². The van der Waals surface area contributed by atoms with Crippen LogP contribution in [0.3, 0.4) is 0 Å². The summed E-state index contributed by atoms with van der Waals surface area (Å²) >= 11 is 0. The minimum absolute atomic E-state index is 0.169. The van der Waals surface area contributed by atoms with Crippen molar-refractivity contribution in [1.82, 2.24) is 9.97 Å². The summed E-state index contributed by atoms with van der Waals surface area (Å²) in [5.74, 6) is 0.750. The third-order valence-corrected chi connectivity index (χ3v) is 5.62. The van der Waals surface area contributed by atoms with Gasteiger partial charge >= 0.3 is 0 Å². The van der Waals surface area contributed by atoms with Gasteiger partial charge in [-0.1, -0.05) is 43.5 Å². The van der Waals surface area contributed by atoms with Crippen LogP contribution < -0.4 is 5.32 Å². The molecule has 1 heterocycles. The van der Waals surface area contributed by atoms with Crippen LogP contribution in [0, 0.1) is 4.91 Å². The summed E-state index contributed by atoms with van der Waals surface area (Å²) in [6.45, 7) is 0. The molecule has 3 aromatic rings. The van der Waals surface area contributed by atoms with E-state index in [1.165, 1.54) is 6.42 Å². The van der Waals surface area contributed by atoms with Crippen molar-refractivity contribution in [2.45, 2.75) is 44.4 Å². The van der Waals surface area contributed by atoms with Crippen molar-refractivity contribution >= 4 is 17.4 Å². The Morgan fingerprint density at radius 1 is 1.03 bits per heavy atom. The fourth-order valence-electron chi connectivity index (χ4n) is 3.97. The second-order valence-corrected chi connectivity index (χ2v) is 7.85. The van der Waals surface area contributed by atoms with E-state index in [2.05, 4.69) is 15.5 Å². The maximum atomic E-state index is 12.6. The zero-order valence-corrected chi connectivity index (χ0v) is 17.1. The summed E-state index contributed by atoms with van der Waals surface area (Å²) in [6, 6.07) is 13.5. The highest BCUT2D eigenvalue weighted by molar-refractivity contribution is 5.92. The molecule has 2 N–H and O–H groups in total. The maximum absolute atomic E-state index is 12.6. The van der Waals surface area contributed by atoms with E-state index in [1.54, 1.807) is 54.7 Å². The molecule has 7 nitrogen and oxygen atoms in total. The maximum Gasteiger partial charge on any atom is 0.229 e. The van der Waals surface area contributed by atoms with Crippen LogP contribution >= 0.6 is 0 Å². The van der Waals surface area contributed by atoms with E-state index in [-0.39, 0.29) is 24.0 Å². The average Bonchev–Trinajstić information content (AvgIpc) is 2.81. The Morgan fingerprint density at radius 2 is 1.74 bits per heavy atom. The van der Waals surface area contributed by atoms with Crippen LogP contribution in [0.15, 0.2) is 59.9 Å². The number of nitrogens with zero attached hydrogens (tertiary/aromatic N) is 3. The van der Waals surface area contributed by atoms with Crippen molar-refractivity contribution in [2.24, 2.45) is 5.18 Å². The molecule has 0 radical (unpaired) electrons. The first-order chi connectivity index (χ1) is 15.1. The summed E-state index contributed by atoms with van der Waals surface area (Å²) < 4.78 is 0. The molecule has 31 heavy (non-hydrogen) atoms. The number of carbonyl (C=O) groups excluding carboxylic acids is 1.